The van der Waals surface area contributed by atoms with Gasteiger partial charge in [0, 0.05) is 48.9 Å². The van der Waals surface area contributed by atoms with Crippen molar-refractivity contribution in [3.8, 4) is 22.6 Å². The molecule has 1 amide bonds. The zero-order valence-corrected chi connectivity index (χ0v) is 28.3. The molecular weight excluding hydrogens is 643 g/mol. The number of aryl methyl sites for hydroxylation is 1. The van der Waals surface area contributed by atoms with E-state index in [0.29, 0.717) is 76.8 Å². The molecule has 5 rings (SSSR count). The second-order valence-corrected chi connectivity index (χ2v) is 12.0. The van der Waals surface area contributed by atoms with Crippen LogP contribution in [-0.2, 0) is 16.1 Å². The molecule has 3 heterocycles. The molecule has 0 saturated carbocycles. The number of carbonyl (C=O) groups is 1. The minimum absolute atomic E-state index is 0.146. The molecule has 11 nitrogen and oxygen atoms in total. The molecule has 248 valence electrons. The molecule has 0 aliphatic carbocycles. The highest BCUT2D eigenvalue weighted by Crippen LogP contribution is 2.45. The average molecular weight is 682 g/mol. The number of morpholine rings is 1. The first-order chi connectivity index (χ1) is 22.6. The Bertz CT molecular complexity index is 1830. The van der Waals surface area contributed by atoms with Gasteiger partial charge in [-0.2, -0.15) is 0 Å². The van der Waals surface area contributed by atoms with Crippen molar-refractivity contribution in [2.45, 2.75) is 19.1 Å². The molecule has 0 radical (unpaired) electrons. The molecule has 0 spiro atoms. The quantitative estimate of drug-likeness (QED) is 0.158. The van der Waals surface area contributed by atoms with Crippen molar-refractivity contribution in [3.05, 3.63) is 81.2 Å². The largest absolute Gasteiger partial charge is 0.495 e. The Morgan fingerprint density at radius 2 is 1.89 bits per heavy atom. The number of hydrogen-bond donors (Lipinski definition) is 3. The van der Waals surface area contributed by atoms with E-state index < -0.39 is 0 Å². The van der Waals surface area contributed by atoms with E-state index in [1.807, 2.05) is 38.4 Å². The molecule has 13 heteroatoms. The number of anilines is 3. The summed E-state index contributed by atoms with van der Waals surface area (Å²) in [5, 5.41) is 10.6. The van der Waals surface area contributed by atoms with E-state index in [0.717, 1.165) is 18.7 Å². The number of aromatic nitrogens is 2. The highest BCUT2D eigenvalue weighted by Gasteiger charge is 2.23. The topological polar surface area (TPSA) is 119 Å². The zero-order valence-electron chi connectivity index (χ0n) is 26.8. The van der Waals surface area contributed by atoms with Crippen LogP contribution < -0.4 is 31.0 Å². The molecule has 2 aromatic heterocycles. The second-order valence-electron chi connectivity index (χ2n) is 11.3. The monoisotopic (exact) mass is 680 g/mol. The van der Waals surface area contributed by atoms with Gasteiger partial charge in [-0.05, 0) is 56.9 Å². The Hall–Kier alpha value is -4.13. The van der Waals surface area contributed by atoms with Crippen molar-refractivity contribution in [2.24, 2.45) is 0 Å². The number of ether oxygens (including phenoxy) is 3. The van der Waals surface area contributed by atoms with Crippen LogP contribution in [0.25, 0.3) is 22.0 Å². The lowest BCUT2D eigenvalue weighted by Crippen LogP contribution is -2.33. The van der Waals surface area contributed by atoms with Gasteiger partial charge in [-0.25, -0.2) is 4.98 Å². The van der Waals surface area contributed by atoms with Crippen molar-refractivity contribution in [3.63, 3.8) is 0 Å². The lowest BCUT2D eigenvalue weighted by atomic mass is 10.0. The van der Waals surface area contributed by atoms with Crippen LogP contribution >= 0.6 is 23.2 Å². The van der Waals surface area contributed by atoms with E-state index >= 15 is 0 Å². The summed E-state index contributed by atoms with van der Waals surface area (Å²) in [6.07, 6.45) is 3.45. The van der Waals surface area contributed by atoms with Crippen LogP contribution in [-0.4, -0.2) is 74.9 Å². The lowest BCUT2D eigenvalue weighted by Gasteiger charge is -2.25. The Morgan fingerprint density at radius 3 is 2.53 bits per heavy atom. The van der Waals surface area contributed by atoms with Gasteiger partial charge in [-0.1, -0.05) is 35.8 Å². The molecule has 47 heavy (non-hydrogen) atoms. The number of hydrogen-bond acceptors (Lipinski definition) is 9. The van der Waals surface area contributed by atoms with Crippen molar-refractivity contribution in [1.82, 2.24) is 19.8 Å². The maximum absolute atomic E-state index is 14.3. The van der Waals surface area contributed by atoms with Crippen LogP contribution in [0.15, 0.2) is 60.0 Å². The average Bonchev–Trinajstić information content (AvgIpc) is 3.07. The molecule has 1 atom stereocenters. The van der Waals surface area contributed by atoms with Gasteiger partial charge in [0.05, 0.1) is 59.4 Å². The SMILES string of the molecule is C=CC(=O)Nc1ccc(C2CNCCO2)cc1Nc1cc2c(cn1)cc(-c1c(Cl)c(OC)cc(OC)c1Cl)c(=O)n2CCCN(C)C. The van der Waals surface area contributed by atoms with E-state index in [9.17, 15) is 9.59 Å². The van der Waals surface area contributed by atoms with Gasteiger partial charge >= 0.3 is 0 Å². The third-order valence-corrected chi connectivity index (χ3v) is 8.61. The minimum Gasteiger partial charge on any atom is -0.495 e. The fraction of sp³-hybridized carbons (Fsp3) is 0.324. The smallest absolute Gasteiger partial charge is 0.259 e. The lowest BCUT2D eigenvalue weighted by molar-refractivity contribution is -0.111. The molecule has 0 bridgehead atoms. The minimum atomic E-state index is -0.350. The maximum Gasteiger partial charge on any atom is 0.259 e. The number of fused-ring (bicyclic) bond motifs is 1. The Labute approximate surface area is 283 Å². The van der Waals surface area contributed by atoms with Crippen molar-refractivity contribution in [2.75, 3.05) is 65.2 Å². The Balaban J connectivity index is 1.63. The highest BCUT2D eigenvalue weighted by molar-refractivity contribution is 6.41. The fourth-order valence-corrected chi connectivity index (χ4v) is 6.19. The van der Waals surface area contributed by atoms with Gasteiger partial charge in [-0.3, -0.25) is 9.59 Å². The fourth-order valence-electron chi connectivity index (χ4n) is 5.48. The van der Waals surface area contributed by atoms with E-state index in [1.54, 1.807) is 22.9 Å². The summed E-state index contributed by atoms with van der Waals surface area (Å²) in [6, 6.07) is 10.8. The Morgan fingerprint density at radius 1 is 1.15 bits per heavy atom. The summed E-state index contributed by atoms with van der Waals surface area (Å²) in [6.45, 7) is 6.81. The molecule has 1 fully saturated rings. The van der Waals surface area contributed by atoms with E-state index in [2.05, 4.69) is 32.4 Å². The van der Waals surface area contributed by atoms with Crippen LogP contribution in [0.5, 0.6) is 11.5 Å². The molecule has 2 aromatic carbocycles. The van der Waals surface area contributed by atoms with E-state index in [-0.39, 0.29) is 27.6 Å². The van der Waals surface area contributed by atoms with Crippen molar-refractivity contribution in [1.29, 1.82) is 0 Å². The van der Waals surface area contributed by atoms with Crippen LogP contribution in [0.4, 0.5) is 17.2 Å². The summed E-state index contributed by atoms with van der Waals surface area (Å²) < 4.78 is 18.6. The summed E-state index contributed by atoms with van der Waals surface area (Å²) in [7, 11) is 6.94. The van der Waals surface area contributed by atoms with Crippen LogP contribution in [0.1, 0.15) is 18.1 Å². The molecule has 3 N–H and O–H groups in total. The number of carbonyl (C=O) groups excluding carboxylic acids is 1. The third-order valence-electron chi connectivity index (χ3n) is 7.86. The summed E-state index contributed by atoms with van der Waals surface area (Å²) >= 11 is 13.5. The second kappa shape index (κ2) is 15.2. The standard InChI is InChI=1S/C34H38Cl2N6O5/c1-6-30(43)40-23-9-8-20(28-19-37-10-13-47-28)15-24(23)39-29-16-25-21(18-38-29)14-22(34(44)42(25)12-7-11-41(2)3)31-32(35)26(45-4)17-27(46-5)33(31)36/h6,8-9,14-18,28,37H,1,7,10-13,19H2,2-5H3,(H,38,39)(H,40,43). The third kappa shape index (κ3) is 7.55. The number of amides is 1. The first-order valence-corrected chi connectivity index (χ1v) is 15.9. The summed E-state index contributed by atoms with van der Waals surface area (Å²) in [5.74, 6) is 0.779. The number of nitrogens with zero attached hydrogens (tertiary/aromatic N) is 3. The van der Waals surface area contributed by atoms with Crippen molar-refractivity contribution >= 4 is 57.2 Å². The van der Waals surface area contributed by atoms with Gasteiger partial charge in [0.1, 0.15) is 17.3 Å². The number of benzene rings is 2. The first-order valence-electron chi connectivity index (χ1n) is 15.1. The number of rotatable bonds is 12. The number of methoxy groups -OCH3 is 2. The van der Waals surface area contributed by atoms with Gasteiger partial charge < -0.3 is 39.6 Å². The predicted molar refractivity (Wildman–Crippen MR) is 188 cm³/mol. The molecule has 1 saturated heterocycles. The van der Waals surface area contributed by atoms with Crippen LogP contribution in [0, 0.1) is 0 Å². The van der Waals surface area contributed by atoms with Gasteiger partial charge in [0.15, 0.2) is 0 Å². The van der Waals surface area contributed by atoms with Crippen LogP contribution in [0.3, 0.4) is 0 Å². The van der Waals surface area contributed by atoms with E-state index in [4.69, 9.17) is 37.4 Å². The predicted octanol–water partition coefficient (Wildman–Crippen LogP) is 5.87. The van der Waals surface area contributed by atoms with Crippen molar-refractivity contribution < 1.29 is 19.0 Å². The molecule has 1 aliphatic rings. The molecule has 1 unspecified atom stereocenters. The zero-order chi connectivity index (χ0) is 33.7. The van der Waals surface area contributed by atoms with Gasteiger partial charge in [-0.15, -0.1) is 0 Å². The number of nitrogens with one attached hydrogen (secondary N) is 3. The molecule has 1 aliphatic heterocycles. The highest BCUT2D eigenvalue weighted by atomic mass is 35.5. The van der Waals surface area contributed by atoms with E-state index in [1.165, 1.54) is 20.3 Å². The first kappa shape index (κ1) is 34.2. The van der Waals surface area contributed by atoms with Gasteiger partial charge in [0.2, 0.25) is 5.91 Å². The molecular formula is C34H38Cl2N6O5. The maximum atomic E-state index is 14.3. The normalized spacial score (nSPS) is 14.7. The van der Waals surface area contributed by atoms with Crippen LogP contribution in [0.2, 0.25) is 10.0 Å². The summed E-state index contributed by atoms with van der Waals surface area (Å²) in [4.78, 5) is 33.3. The number of halogens is 2. The number of pyridine rings is 2. The molecule has 4 aromatic rings. The van der Waals surface area contributed by atoms with Gasteiger partial charge in [0.25, 0.3) is 5.56 Å². The summed E-state index contributed by atoms with van der Waals surface area (Å²) in [5.41, 5.74) is 3.07. The Kier molecular flexibility index (Phi) is 11.1.